The normalized spacial score (nSPS) is 11.0. The summed E-state index contributed by atoms with van der Waals surface area (Å²) in [6.07, 6.45) is 12.1. The molecule has 0 aliphatic heterocycles. The number of likely N-dealkylation sites (N-methyl/N-ethyl adjacent to an activating group) is 1. The molecule has 142 valence electrons. The Hall–Kier alpha value is -0.970. The number of rotatable bonds is 18. The lowest BCUT2D eigenvalue weighted by Crippen LogP contribution is -2.27. The molecule has 0 heterocycles. The summed E-state index contributed by atoms with van der Waals surface area (Å²) < 4.78 is 5.19. The summed E-state index contributed by atoms with van der Waals surface area (Å²) in [6, 6.07) is 0. The highest BCUT2D eigenvalue weighted by atomic mass is 16.5. The summed E-state index contributed by atoms with van der Waals surface area (Å²) in [5, 5.41) is 2.92. The van der Waals surface area contributed by atoms with Crippen molar-refractivity contribution in [1.29, 1.82) is 0 Å². The minimum absolute atomic E-state index is 0.0319. The van der Waals surface area contributed by atoms with Gasteiger partial charge in [0.15, 0.2) is 0 Å². The maximum atomic E-state index is 11.5. The van der Waals surface area contributed by atoms with E-state index in [1.165, 1.54) is 32.1 Å². The van der Waals surface area contributed by atoms with Crippen LogP contribution in [-0.4, -0.2) is 43.7 Å². The molecular weight excluding hydrogens is 304 g/mol. The summed E-state index contributed by atoms with van der Waals surface area (Å²) in [5.41, 5.74) is 0. The van der Waals surface area contributed by atoms with Crippen LogP contribution in [0.4, 0.5) is 0 Å². The molecule has 0 bridgehead atoms. The van der Waals surface area contributed by atoms with E-state index in [4.69, 9.17) is 4.74 Å². The van der Waals surface area contributed by atoms with Crippen molar-refractivity contribution >= 4 is 5.97 Å². The first-order chi connectivity index (χ1) is 11.7. The highest BCUT2D eigenvalue weighted by Crippen LogP contribution is 2.10. The van der Waals surface area contributed by atoms with Crippen LogP contribution in [0.1, 0.15) is 84.5 Å². The van der Waals surface area contributed by atoms with E-state index in [9.17, 15) is 9.70 Å². The van der Waals surface area contributed by atoms with Crippen molar-refractivity contribution in [1.82, 2.24) is 4.90 Å². The largest absolute Gasteiger partial charge is 0.466 e. The quantitative estimate of drug-likeness (QED) is 0.201. The van der Waals surface area contributed by atoms with E-state index >= 15 is 0 Å². The van der Waals surface area contributed by atoms with Crippen LogP contribution in [0.25, 0.3) is 0 Å². The number of carbonyl (C=O) groups is 1. The minimum atomic E-state index is -0.0319. The molecule has 0 N–H and O–H groups in total. The molecule has 24 heavy (non-hydrogen) atoms. The molecule has 0 aromatic rings. The van der Waals surface area contributed by atoms with E-state index in [-0.39, 0.29) is 5.97 Å². The Morgan fingerprint density at radius 1 is 0.875 bits per heavy atom. The van der Waals surface area contributed by atoms with Gasteiger partial charge in [-0.3, -0.25) is 4.79 Å². The van der Waals surface area contributed by atoms with Crippen LogP contribution >= 0.6 is 0 Å². The second-order valence-corrected chi connectivity index (χ2v) is 6.44. The molecule has 5 heteroatoms. The van der Waals surface area contributed by atoms with Gasteiger partial charge in [0, 0.05) is 13.0 Å². The molecule has 0 aliphatic carbocycles. The maximum Gasteiger partial charge on any atom is 0.305 e. The summed E-state index contributed by atoms with van der Waals surface area (Å²) >= 11 is 0. The van der Waals surface area contributed by atoms with Crippen molar-refractivity contribution in [2.45, 2.75) is 84.5 Å². The van der Waals surface area contributed by atoms with Crippen molar-refractivity contribution in [2.24, 2.45) is 5.18 Å². The van der Waals surface area contributed by atoms with E-state index in [0.717, 1.165) is 51.7 Å². The van der Waals surface area contributed by atoms with Gasteiger partial charge < -0.3 is 9.64 Å². The number of nitroso groups, excluding NO2 is 1. The summed E-state index contributed by atoms with van der Waals surface area (Å²) in [6.45, 7) is 8.10. The lowest BCUT2D eigenvalue weighted by molar-refractivity contribution is -0.143. The summed E-state index contributed by atoms with van der Waals surface area (Å²) in [4.78, 5) is 23.9. The number of carbonyl (C=O) groups excluding carboxylic acids is 1. The van der Waals surface area contributed by atoms with Gasteiger partial charge in [0.1, 0.15) is 0 Å². The lowest BCUT2D eigenvalue weighted by Gasteiger charge is -2.18. The van der Waals surface area contributed by atoms with Gasteiger partial charge in [0.05, 0.1) is 13.2 Å². The van der Waals surface area contributed by atoms with Gasteiger partial charge in [-0.15, -0.1) is 0 Å². The fourth-order valence-corrected chi connectivity index (χ4v) is 2.71. The maximum absolute atomic E-state index is 11.5. The molecule has 0 radical (unpaired) electrons. The highest BCUT2D eigenvalue weighted by Gasteiger charge is 2.03. The predicted molar refractivity (Wildman–Crippen MR) is 100 cm³/mol. The van der Waals surface area contributed by atoms with Crippen LogP contribution in [0.15, 0.2) is 5.18 Å². The first-order valence-corrected chi connectivity index (χ1v) is 9.91. The highest BCUT2D eigenvalue weighted by molar-refractivity contribution is 5.69. The number of hydrogen-bond donors (Lipinski definition) is 0. The molecule has 0 saturated carbocycles. The SMILES string of the molecule is CCCCCOC(=O)CCCCCCCCCN(CC)CCN=O. The van der Waals surface area contributed by atoms with Crippen LogP contribution in [-0.2, 0) is 9.53 Å². The molecule has 0 amide bonds. The fourth-order valence-electron chi connectivity index (χ4n) is 2.71. The average molecular weight is 343 g/mol. The summed E-state index contributed by atoms with van der Waals surface area (Å²) in [5.74, 6) is -0.0319. The van der Waals surface area contributed by atoms with Crippen molar-refractivity contribution < 1.29 is 9.53 Å². The molecule has 0 aliphatic rings. The molecule has 0 fully saturated rings. The lowest BCUT2D eigenvalue weighted by atomic mass is 10.1. The first-order valence-electron chi connectivity index (χ1n) is 9.91. The van der Waals surface area contributed by atoms with Gasteiger partial charge in [0.2, 0.25) is 0 Å². The Balaban J connectivity index is 3.29. The van der Waals surface area contributed by atoms with Crippen LogP contribution in [0, 0.1) is 4.91 Å². The molecule has 0 aromatic heterocycles. The van der Waals surface area contributed by atoms with Crippen LogP contribution < -0.4 is 0 Å². The molecule has 0 spiro atoms. The Bertz CT molecular complexity index is 298. The van der Waals surface area contributed by atoms with Gasteiger partial charge in [0.25, 0.3) is 0 Å². The zero-order valence-corrected chi connectivity index (χ0v) is 15.9. The topological polar surface area (TPSA) is 59.0 Å². The molecule has 5 nitrogen and oxygen atoms in total. The zero-order chi connectivity index (χ0) is 17.9. The van der Waals surface area contributed by atoms with E-state index in [2.05, 4.69) is 23.9 Å². The van der Waals surface area contributed by atoms with Crippen molar-refractivity contribution in [2.75, 3.05) is 32.8 Å². The minimum Gasteiger partial charge on any atom is -0.466 e. The number of unbranched alkanes of at least 4 members (excludes halogenated alkanes) is 8. The second-order valence-electron chi connectivity index (χ2n) is 6.44. The predicted octanol–water partition coefficient (Wildman–Crippen LogP) is 4.93. The fraction of sp³-hybridized carbons (Fsp3) is 0.947. The number of ether oxygens (including phenoxy) is 1. The Labute approximate surface area is 148 Å². The Kier molecular flexibility index (Phi) is 17.6. The monoisotopic (exact) mass is 342 g/mol. The van der Waals surface area contributed by atoms with Crippen molar-refractivity contribution in [3.63, 3.8) is 0 Å². The average Bonchev–Trinajstić information content (AvgIpc) is 2.59. The second kappa shape index (κ2) is 18.4. The number of esters is 1. The van der Waals surface area contributed by atoms with E-state index in [1.54, 1.807) is 0 Å². The molecule has 0 aromatic carbocycles. The number of hydrogen-bond acceptors (Lipinski definition) is 5. The smallest absolute Gasteiger partial charge is 0.305 e. The van der Waals surface area contributed by atoms with Crippen LogP contribution in [0.3, 0.4) is 0 Å². The third-order valence-corrected chi connectivity index (χ3v) is 4.32. The molecule has 0 atom stereocenters. The molecular formula is C19H38N2O3. The molecule has 0 unspecified atom stereocenters. The standard InChI is InChI=1S/C19H38N2O3/c1-3-5-13-18-24-19(22)14-11-9-7-6-8-10-12-16-21(4-2)17-15-20-23/h3-18H2,1-2H3. The van der Waals surface area contributed by atoms with Crippen LogP contribution in [0.2, 0.25) is 0 Å². The van der Waals surface area contributed by atoms with Gasteiger partial charge in [-0.25, -0.2) is 0 Å². The van der Waals surface area contributed by atoms with Gasteiger partial charge in [-0.05, 0) is 32.4 Å². The third kappa shape index (κ3) is 15.9. The number of nitrogens with zero attached hydrogens (tertiary/aromatic N) is 2. The van der Waals surface area contributed by atoms with E-state index in [1.807, 2.05) is 0 Å². The Morgan fingerprint density at radius 2 is 1.54 bits per heavy atom. The zero-order valence-electron chi connectivity index (χ0n) is 15.9. The molecule has 0 saturated heterocycles. The summed E-state index contributed by atoms with van der Waals surface area (Å²) in [7, 11) is 0. The van der Waals surface area contributed by atoms with E-state index < -0.39 is 0 Å². The van der Waals surface area contributed by atoms with Crippen molar-refractivity contribution in [3.05, 3.63) is 4.91 Å². The molecule has 0 rings (SSSR count). The van der Waals surface area contributed by atoms with Crippen molar-refractivity contribution in [3.8, 4) is 0 Å². The Morgan fingerprint density at radius 3 is 2.17 bits per heavy atom. The van der Waals surface area contributed by atoms with Crippen LogP contribution in [0.5, 0.6) is 0 Å². The first kappa shape index (κ1) is 23.0. The van der Waals surface area contributed by atoms with Gasteiger partial charge in [-0.2, -0.15) is 4.91 Å². The van der Waals surface area contributed by atoms with Gasteiger partial charge in [-0.1, -0.05) is 64.0 Å². The third-order valence-electron chi connectivity index (χ3n) is 4.32. The van der Waals surface area contributed by atoms with Gasteiger partial charge >= 0.3 is 5.97 Å². The van der Waals surface area contributed by atoms with E-state index in [0.29, 0.717) is 19.6 Å².